The van der Waals surface area contributed by atoms with Crippen LogP contribution >= 0.6 is 11.6 Å². The molecule has 1 heterocycles. The van der Waals surface area contributed by atoms with Crippen molar-refractivity contribution in [2.45, 2.75) is 12.5 Å². The van der Waals surface area contributed by atoms with Gasteiger partial charge < -0.3 is 15.7 Å². The number of urea groups is 1. The smallest absolute Gasteiger partial charge is 0.323 e. The summed E-state index contributed by atoms with van der Waals surface area (Å²) in [6.45, 7) is -0.145. The summed E-state index contributed by atoms with van der Waals surface area (Å²) >= 11 is 5.77. The van der Waals surface area contributed by atoms with E-state index in [4.69, 9.17) is 16.7 Å². The van der Waals surface area contributed by atoms with Gasteiger partial charge in [0.05, 0.1) is 6.04 Å². The molecule has 1 atom stereocenters. The Morgan fingerprint density at radius 3 is 2.57 bits per heavy atom. The minimum atomic E-state index is -1.14. The molecule has 1 saturated heterocycles. The van der Waals surface area contributed by atoms with Crippen molar-refractivity contribution in [1.82, 2.24) is 10.6 Å². The zero-order valence-corrected chi connectivity index (χ0v) is 11.8. The number of carbonyl (C=O) groups is 3. The molecule has 0 aromatic heterocycles. The van der Waals surface area contributed by atoms with E-state index in [9.17, 15) is 14.4 Å². The topological polar surface area (TPSA) is 98.7 Å². The molecule has 1 aromatic rings. The van der Waals surface area contributed by atoms with Gasteiger partial charge in [0.15, 0.2) is 0 Å². The second kappa shape index (κ2) is 6.45. The molecular weight excluding hydrogens is 298 g/mol. The second-order valence-electron chi connectivity index (χ2n) is 4.61. The lowest BCUT2D eigenvalue weighted by molar-refractivity contribution is -0.135. The summed E-state index contributed by atoms with van der Waals surface area (Å²) in [5.74, 6) is -1.28. The summed E-state index contributed by atoms with van der Waals surface area (Å²) in [5.41, 5.74) is 0.414. The number of carboxylic acids is 1. The third kappa shape index (κ3) is 4.09. The van der Waals surface area contributed by atoms with E-state index in [2.05, 4.69) is 10.6 Å². The molecule has 0 aliphatic carbocycles. The number of anilines is 1. The molecule has 1 aliphatic rings. The summed E-state index contributed by atoms with van der Waals surface area (Å²) in [6, 6.07) is 5.35. The first-order chi connectivity index (χ1) is 9.95. The van der Waals surface area contributed by atoms with Crippen LogP contribution in [0.5, 0.6) is 0 Å². The fourth-order valence-corrected chi connectivity index (χ4v) is 2.12. The molecule has 1 unspecified atom stereocenters. The number of amides is 3. The minimum Gasteiger partial charge on any atom is -0.480 e. The summed E-state index contributed by atoms with van der Waals surface area (Å²) in [5, 5.41) is 14.7. The maximum Gasteiger partial charge on any atom is 0.323 e. The van der Waals surface area contributed by atoms with Gasteiger partial charge in [-0.1, -0.05) is 11.6 Å². The van der Waals surface area contributed by atoms with Gasteiger partial charge in [-0.15, -0.1) is 0 Å². The zero-order valence-electron chi connectivity index (χ0n) is 11.0. The molecule has 0 bridgehead atoms. The summed E-state index contributed by atoms with van der Waals surface area (Å²) in [4.78, 5) is 35.3. The zero-order chi connectivity index (χ0) is 15.4. The lowest BCUT2D eigenvalue weighted by Crippen LogP contribution is -2.47. The third-order valence-electron chi connectivity index (χ3n) is 2.98. The Kier molecular flexibility index (Phi) is 4.64. The van der Waals surface area contributed by atoms with Crippen LogP contribution in [-0.4, -0.2) is 42.1 Å². The number of halogens is 1. The molecule has 1 fully saturated rings. The Hall–Kier alpha value is -2.28. The lowest BCUT2D eigenvalue weighted by atomic mass is 10.2. The molecule has 0 radical (unpaired) electrons. The van der Waals surface area contributed by atoms with Gasteiger partial charge in [0.2, 0.25) is 5.91 Å². The van der Waals surface area contributed by atoms with Gasteiger partial charge in [-0.2, -0.15) is 0 Å². The lowest BCUT2D eigenvalue weighted by Gasteiger charge is -2.23. The molecule has 1 aromatic carbocycles. The number of rotatable bonds is 4. The largest absolute Gasteiger partial charge is 0.480 e. The van der Waals surface area contributed by atoms with Gasteiger partial charge in [0, 0.05) is 23.7 Å². The Morgan fingerprint density at radius 1 is 1.38 bits per heavy atom. The molecule has 7 nitrogen and oxygen atoms in total. The van der Waals surface area contributed by atoms with Crippen LogP contribution in [0.4, 0.5) is 10.5 Å². The van der Waals surface area contributed by atoms with Crippen molar-refractivity contribution in [2.24, 2.45) is 0 Å². The first-order valence-corrected chi connectivity index (χ1v) is 6.65. The Balaban J connectivity index is 2.11. The van der Waals surface area contributed by atoms with E-state index in [-0.39, 0.29) is 18.4 Å². The first-order valence-electron chi connectivity index (χ1n) is 6.28. The quantitative estimate of drug-likeness (QED) is 0.767. The van der Waals surface area contributed by atoms with Crippen LogP contribution in [-0.2, 0) is 9.59 Å². The monoisotopic (exact) mass is 311 g/mol. The van der Waals surface area contributed by atoms with Gasteiger partial charge in [-0.3, -0.25) is 14.5 Å². The van der Waals surface area contributed by atoms with Crippen LogP contribution in [0, 0.1) is 0 Å². The number of nitrogens with one attached hydrogen (secondary N) is 2. The maximum atomic E-state index is 12.2. The molecular formula is C13H14ClN3O4. The summed E-state index contributed by atoms with van der Waals surface area (Å²) in [7, 11) is 0. The number of carboxylic acid groups (broad SMARTS) is 1. The number of nitrogens with zero attached hydrogens (tertiary/aromatic N) is 1. The maximum absolute atomic E-state index is 12.2. The van der Waals surface area contributed by atoms with Crippen LogP contribution in [0.25, 0.3) is 0 Å². The molecule has 2 rings (SSSR count). The minimum absolute atomic E-state index is 0.142. The van der Waals surface area contributed by atoms with Crippen LogP contribution in [0.1, 0.15) is 6.42 Å². The summed E-state index contributed by atoms with van der Waals surface area (Å²) < 4.78 is 0. The van der Waals surface area contributed by atoms with Gasteiger partial charge in [0.1, 0.15) is 6.54 Å². The normalized spacial score (nSPS) is 17.2. The highest BCUT2D eigenvalue weighted by Crippen LogP contribution is 2.18. The Morgan fingerprint density at radius 2 is 2.05 bits per heavy atom. The average Bonchev–Trinajstić information content (AvgIpc) is 2.82. The number of benzene rings is 1. The highest BCUT2D eigenvalue weighted by Gasteiger charge is 2.26. The van der Waals surface area contributed by atoms with Crippen molar-refractivity contribution in [3.05, 3.63) is 29.3 Å². The SMILES string of the molecule is O=C(O)CN(C(=O)NC1CNC(=O)C1)c1ccc(Cl)cc1. The second-order valence-corrected chi connectivity index (χ2v) is 5.05. The third-order valence-corrected chi connectivity index (χ3v) is 3.23. The average molecular weight is 312 g/mol. The van der Waals surface area contributed by atoms with E-state index in [0.29, 0.717) is 17.3 Å². The van der Waals surface area contributed by atoms with Crippen LogP contribution in [0.15, 0.2) is 24.3 Å². The predicted octanol–water partition coefficient (Wildman–Crippen LogP) is 0.829. The van der Waals surface area contributed by atoms with Gasteiger partial charge >= 0.3 is 12.0 Å². The van der Waals surface area contributed by atoms with Gasteiger partial charge in [0.25, 0.3) is 0 Å². The number of hydrogen-bond acceptors (Lipinski definition) is 3. The fraction of sp³-hybridized carbons (Fsp3) is 0.308. The van der Waals surface area contributed by atoms with Crippen molar-refractivity contribution in [1.29, 1.82) is 0 Å². The van der Waals surface area contributed by atoms with E-state index in [1.54, 1.807) is 24.3 Å². The van der Waals surface area contributed by atoms with Crippen LogP contribution < -0.4 is 15.5 Å². The highest BCUT2D eigenvalue weighted by molar-refractivity contribution is 6.30. The number of carbonyl (C=O) groups excluding carboxylic acids is 2. The molecule has 112 valence electrons. The fourth-order valence-electron chi connectivity index (χ4n) is 2.00. The standard InChI is InChI=1S/C13H14ClN3O4/c14-8-1-3-10(4-2-8)17(7-12(19)20)13(21)16-9-5-11(18)15-6-9/h1-4,9H,5-7H2,(H,15,18)(H,16,21)(H,19,20). The predicted molar refractivity (Wildman–Crippen MR) is 76.4 cm³/mol. The molecule has 8 heteroatoms. The number of hydrogen-bond donors (Lipinski definition) is 3. The van der Waals surface area contributed by atoms with Crippen LogP contribution in [0.2, 0.25) is 5.02 Å². The van der Waals surface area contributed by atoms with E-state index < -0.39 is 18.5 Å². The summed E-state index contributed by atoms with van der Waals surface area (Å²) in [6.07, 6.45) is 0.188. The van der Waals surface area contributed by atoms with E-state index in [0.717, 1.165) is 4.90 Å². The molecule has 3 N–H and O–H groups in total. The van der Waals surface area contributed by atoms with Crippen molar-refractivity contribution in [3.63, 3.8) is 0 Å². The highest BCUT2D eigenvalue weighted by atomic mass is 35.5. The van der Waals surface area contributed by atoms with Gasteiger partial charge in [-0.25, -0.2) is 4.79 Å². The van der Waals surface area contributed by atoms with E-state index >= 15 is 0 Å². The van der Waals surface area contributed by atoms with Crippen molar-refractivity contribution in [3.8, 4) is 0 Å². The molecule has 0 spiro atoms. The van der Waals surface area contributed by atoms with Crippen molar-refractivity contribution < 1.29 is 19.5 Å². The van der Waals surface area contributed by atoms with Gasteiger partial charge in [-0.05, 0) is 24.3 Å². The molecule has 0 saturated carbocycles. The first kappa shape index (κ1) is 15.1. The number of aliphatic carboxylic acids is 1. The van der Waals surface area contributed by atoms with Crippen LogP contribution in [0.3, 0.4) is 0 Å². The van der Waals surface area contributed by atoms with Crippen molar-refractivity contribution >= 4 is 35.2 Å². The van der Waals surface area contributed by atoms with Crippen molar-refractivity contribution in [2.75, 3.05) is 18.0 Å². The Labute approximate surface area is 125 Å². The molecule has 3 amide bonds. The molecule has 21 heavy (non-hydrogen) atoms. The molecule has 1 aliphatic heterocycles. The van der Waals surface area contributed by atoms with E-state index in [1.165, 1.54) is 0 Å². The Bertz CT molecular complexity index is 561. The van der Waals surface area contributed by atoms with E-state index in [1.807, 2.05) is 0 Å².